The second kappa shape index (κ2) is 10.4. The number of hydrogen-bond acceptors (Lipinski definition) is 6. The number of pyridine rings is 1. The molecule has 38 heavy (non-hydrogen) atoms. The molecule has 0 saturated carbocycles. The summed E-state index contributed by atoms with van der Waals surface area (Å²) in [4.78, 5) is 57.0. The maximum absolute atomic E-state index is 13.8. The first kappa shape index (κ1) is 26.2. The van der Waals surface area contributed by atoms with Crippen LogP contribution >= 0.6 is 0 Å². The van der Waals surface area contributed by atoms with Crippen molar-refractivity contribution in [2.45, 2.75) is 45.1 Å². The number of aromatic nitrogens is 1. The number of ether oxygens (including phenoxy) is 1. The lowest BCUT2D eigenvalue weighted by atomic mass is 9.75. The van der Waals surface area contributed by atoms with Gasteiger partial charge in [-0.15, -0.1) is 0 Å². The van der Waals surface area contributed by atoms with Crippen LogP contribution in [0.3, 0.4) is 0 Å². The maximum atomic E-state index is 13.8. The number of likely N-dealkylation sites (tertiary alicyclic amines) is 1. The van der Waals surface area contributed by atoms with Crippen LogP contribution in [0, 0.1) is 11.3 Å². The number of urea groups is 1. The molecule has 3 aliphatic rings. The zero-order valence-electron chi connectivity index (χ0n) is 22.4. The van der Waals surface area contributed by atoms with Gasteiger partial charge in [-0.1, -0.05) is 31.5 Å². The zero-order valence-corrected chi connectivity index (χ0v) is 22.4. The van der Waals surface area contributed by atoms with E-state index in [1.807, 2.05) is 34.9 Å². The van der Waals surface area contributed by atoms with Gasteiger partial charge in [0.2, 0.25) is 11.8 Å². The topological polar surface area (TPSA) is 92.2 Å². The molecule has 2 aromatic rings. The number of fused-ring (bicyclic) bond motifs is 4. The maximum Gasteiger partial charge on any atom is 0.332 e. The predicted octanol–water partition coefficient (Wildman–Crippen LogP) is 2.73. The van der Waals surface area contributed by atoms with Crippen LogP contribution in [0.25, 0.3) is 0 Å². The molecule has 2 atom stereocenters. The average molecular weight is 521 g/mol. The van der Waals surface area contributed by atoms with Gasteiger partial charge in [0.05, 0.1) is 6.61 Å². The third kappa shape index (κ3) is 4.64. The van der Waals surface area contributed by atoms with Gasteiger partial charge in [-0.05, 0) is 48.9 Å². The molecule has 1 aromatic carbocycles. The summed E-state index contributed by atoms with van der Waals surface area (Å²) in [5, 5.41) is 0. The number of carbonyl (C=O) groups excluding carboxylic acids is 3. The highest BCUT2D eigenvalue weighted by atomic mass is 16.5. The van der Waals surface area contributed by atoms with Crippen LogP contribution < -0.4 is 10.3 Å². The van der Waals surface area contributed by atoms with Crippen LogP contribution in [0.15, 0.2) is 47.3 Å². The van der Waals surface area contributed by atoms with Crippen LogP contribution in [0.4, 0.5) is 4.79 Å². The fraction of sp³-hybridized carbons (Fsp3) is 0.517. The molecule has 9 nitrogen and oxygen atoms in total. The van der Waals surface area contributed by atoms with Crippen LogP contribution in [-0.4, -0.2) is 77.4 Å². The molecule has 0 aliphatic carbocycles. The SMILES string of the molecule is CCCCOc1ccc(CC2(CN3CC4CC(C3)c3cccc(=O)n3C4)C(=O)N(C)C(=O)N(C)C2=O)cc1. The number of barbiturate groups is 1. The van der Waals surface area contributed by atoms with Gasteiger partial charge in [0.15, 0.2) is 0 Å². The Kier molecular flexibility index (Phi) is 7.13. The zero-order chi connectivity index (χ0) is 27.0. The Hall–Kier alpha value is -3.46. The number of carbonyl (C=O) groups is 3. The molecule has 202 valence electrons. The molecule has 4 heterocycles. The fourth-order valence-electron chi connectivity index (χ4n) is 6.37. The van der Waals surface area contributed by atoms with Crippen molar-refractivity contribution in [3.05, 3.63) is 64.1 Å². The van der Waals surface area contributed by atoms with Crippen LogP contribution in [0.2, 0.25) is 0 Å². The van der Waals surface area contributed by atoms with E-state index in [0.29, 0.717) is 26.2 Å². The summed E-state index contributed by atoms with van der Waals surface area (Å²) >= 11 is 0. The smallest absolute Gasteiger partial charge is 0.332 e. The van der Waals surface area contributed by atoms with Gasteiger partial charge in [-0.3, -0.25) is 24.2 Å². The van der Waals surface area contributed by atoms with Crippen molar-refractivity contribution in [2.24, 2.45) is 11.3 Å². The van der Waals surface area contributed by atoms with Gasteiger partial charge in [0.1, 0.15) is 11.2 Å². The van der Waals surface area contributed by atoms with E-state index in [9.17, 15) is 19.2 Å². The molecule has 2 saturated heterocycles. The van der Waals surface area contributed by atoms with Crippen molar-refractivity contribution in [1.29, 1.82) is 0 Å². The Labute approximate surface area is 223 Å². The minimum absolute atomic E-state index is 0.0173. The normalized spacial score (nSPS) is 23.0. The van der Waals surface area contributed by atoms with Crippen LogP contribution in [0.1, 0.15) is 43.4 Å². The van der Waals surface area contributed by atoms with Gasteiger partial charge in [-0.25, -0.2) is 4.79 Å². The summed E-state index contributed by atoms with van der Waals surface area (Å²) in [5.41, 5.74) is 0.435. The molecule has 0 N–H and O–H groups in total. The van der Waals surface area contributed by atoms with Crippen molar-refractivity contribution in [3.63, 3.8) is 0 Å². The Morgan fingerprint density at radius 3 is 2.32 bits per heavy atom. The minimum Gasteiger partial charge on any atom is -0.494 e. The first-order chi connectivity index (χ1) is 18.2. The number of nitrogens with zero attached hydrogens (tertiary/aromatic N) is 4. The molecule has 5 rings (SSSR count). The molecule has 0 spiro atoms. The molecule has 1 aromatic heterocycles. The average Bonchev–Trinajstić information content (AvgIpc) is 2.91. The van der Waals surface area contributed by atoms with Crippen LogP contribution in [0.5, 0.6) is 5.75 Å². The van der Waals surface area contributed by atoms with Gasteiger partial charge < -0.3 is 14.2 Å². The molecule has 3 aliphatic heterocycles. The highest BCUT2D eigenvalue weighted by Gasteiger charge is 2.56. The van der Waals surface area contributed by atoms with E-state index in [4.69, 9.17) is 4.74 Å². The summed E-state index contributed by atoms with van der Waals surface area (Å²) in [7, 11) is 2.89. The number of amides is 4. The van der Waals surface area contributed by atoms with E-state index in [-0.39, 0.29) is 30.4 Å². The lowest BCUT2D eigenvalue weighted by molar-refractivity contribution is -0.159. The Balaban J connectivity index is 1.43. The predicted molar refractivity (Wildman–Crippen MR) is 142 cm³/mol. The third-order valence-corrected chi connectivity index (χ3v) is 8.25. The lowest BCUT2D eigenvalue weighted by Crippen LogP contribution is -2.67. The molecule has 4 amide bonds. The third-order valence-electron chi connectivity index (χ3n) is 8.25. The second-order valence-corrected chi connectivity index (χ2v) is 11.0. The summed E-state index contributed by atoms with van der Waals surface area (Å²) in [6.45, 7) is 4.93. The number of imide groups is 2. The molecular weight excluding hydrogens is 484 g/mol. The highest BCUT2D eigenvalue weighted by Crippen LogP contribution is 2.39. The van der Waals surface area contributed by atoms with E-state index in [1.54, 1.807) is 12.1 Å². The van der Waals surface area contributed by atoms with Gasteiger partial charge in [0, 0.05) is 58.0 Å². The quantitative estimate of drug-likeness (QED) is 0.393. The standard InChI is InChI=1S/C29H36N4O5/c1-4-5-13-38-23-11-9-20(10-12-23)15-29(26(35)30(2)28(37)31(3)27(29)36)19-32-16-21-14-22(18-32)24-7-6-8-25(34)33(24)17-21/h6-12,21-22H,4-5,13-19H2,1-3H3. The van der Waals surface area contributed by atoms with E-state index in [1.165, 1.54) is 14.1 Å². The Morgan fingerprint density at radius 1 is 0.921 bits per heavy atom. The molecule has 0 radical (unpaired) electrons. The monoisotopic (exact) mass is 520 g/mol. The summed E-state index contributed by atoms with van der Waals surface area (Å²) in [5.74, 6) is 0.213. The number of unbranched alkanes of at least 4 members (excludes halogenated alkanes) is 1. The fourth-order valence-corrected chi connectivity index (χ4v) is 6.37. The van der Waals surface area contributed by atoms with Crippen molar-refractivity contribution in [3.8, 4) is 5.75 Å². The number of piperidine rings is 1. The Morgan fingerprint density at radius 2 is 1.63 bits per heavy atom. The molecule has 2 bridgehead atoms. The van der Waals surface area contributed by atoms with Crippen molar-refractivity contribution < 1.29 is 19.1 Å². The molecule has 2 fully saturated rings. The molecule has 2 unspecified atom stereocenters. The van der Waals surface area contributed by atoms with Crippen molar-refractivity contribution in [1.82, 2.24) is 19.3 Å². The molecule has 9 heteroatoms. The van der Waals surface area contributed by atoms with E-state index in [0.717, 1.165) is 46.1 Å². The van der Waals surface area contributed by atoms with Gasteiger partial charge in [-0.2, -0.15) is 0 Å². The molecular formula is C29H36N4O5. The number of benzene rings is 1. The van der Waals surface area contributed by atoms with Gasteiger partial charge in [0.25, 0.3) is 5.56 Å². The minimum atomic E-state index is -1.43. The van der Waals surface area contributed by atoms with Crippen molar-refractivity contribution in [2.75, 3.05) is 40.3 Å². The Bertz CT molecular complexity index is 1260. The van der Waals surface area contributed by atoms with Crippen molar-refractivity contribution >= 4 is 17.8 Å². The van der Waals surface area contributed by atoms with Gasteiger partial charge >= 0.3 is 6.03 Å². The van der Waals surface area contributed by atoms with E-state index < -0.39 is 23.3 Å². The number of hydrogen-bond donors (Lipinski definition) is 0. The van der Waals surface area contributed by atoms with E-state index >= 15 is 0 Å². The lowest BCUT2D eigenvalue weighted by Gasteiger charge is -2.48. The first-order valence-electron chi connectivity index (χ1n) is 13.5. The largest absolute Gasteiger partial charge is 0.494 e. The number of rotatable bonds is 8. The highest BCUT2D eigenvalue weighted by molar-refractivity contribution is 6.19. The second-order valence-electron chi connectivity index (χ2n) is 11.0. The first-order valence-corrected chi connectivity index (χ1v) is 13.5. The van der Waals surface area contributed by atoms with E-state index in [2.05, 4.69) is 11.8 Å². The van der Waals surface area contributed by atoms with Crippen LogP contribution in [-0.2, 0) is 22.6 Å². The summed E-state index contributed by atoms with van der Waals surface area (Å²) < 4.78 is 7.65. The summed E-state index contributed by atoms with van der Waals surface area (Å²) in [6.07, 6.45) is 3.18. The summed E-state index contributed by atoms with van der Waals surface area (Å²) in [6, 6.07) is 12.3.